The van der Waals surface area contributed by atoms with Crippen molar-refractivity contribution in [2.45, 2.75) is 13.5 Å². The number of halogens is 2. The third kappa shape index (κ3) is 4.35. The van der Waals surface area contributed by atoms with Crippen LogP contribution in [0.3, 0.4) is 0 Å². The molecule has 1 fully saturated rings. The van der Waals surface area contributed by atoms with Crippen molar-refractivity contribution in [2.24, 2.45) is 0 Å². The second-order valence-electron chi connectivity index (χ2n) is 6.94. The van der Waals surface area contributed by atoms with Gasteiger partial charge >= 0.3 is 0 Å². The van der Waals surface area contributed by atoms with Gasteiger partial charge in [0, 0.05) is 61.5 Å². The molecule has 4 rings (SSSR count). The van der Waals surface area contributed by atoms with Gasteiger partial charge in [0.05, 0.1) is 0 Å². The van der Waals surface area contributed by atoms with Gasteiger partial charge < -0.3 is 15.0 Å². The Labute approximate surface area is 168 Å². The van der Waals surface area contributed by atoms with E-state index < -0.39 is 11.6 Å². The van der Waals surface area contributed by atoms with Crippen LogP contribution in [0.4, 0.5) is 14.6 Å². The first-order valence-electron chi connectivity index (χ1n) is 9.56. The number of aromatic nitrogens is 2. The minimum Gasteiger partial charge on any atom is -0.486 e. The molecule has 1 saturated heterocycles. The Kier molecular flexibility index (Phi) is 5.67. The molecule has 29 heavy (non-hydrogen) atoms. The lowest BCUT2D eigenvalue weighted by molar-refractivity contribution is 0.287. The number of ether oxygens (including phenoxy) is 1. The maximum absolute atomic E-state index is 14.8. The molecule has 1 aliphatic heterocycles. The third-order valence-electron chi connectivity index (χ3n) is 5.02. The summed E-state index contributed by atoms with van der Waals surface area (Å²) < 4.78 is 34.9. The van der Waals surface area contributed by atoms with Gasteiger partial charge in [-0.3, -0.25) is 4.98 Å². The second-order valence-corrected chi connectivity index (χ2v) is 6.94. The van der Waals surface area contributed by atoms with Gasteiger partial charge in [0.1, 0.15) is 18.2 Å². The van der Waals surface area contributed by atoms with Crippen molar-refractivity contribution in [3.63, 3.8) is 0 Å². The summed E-state index contributed by atoms with van der Waals surface area (Å²) in [6.45, 7) is 5.37. The standard InChI is InChI=1S/C22H22F2N4O/c1-15-17(3-2-5-26-15)14-29-21-13-19(23)18(12-20(21)24)16-4-6-27-22(11-16)28-9-7-25-8-10-28/h2-6,11-13,25H,7-10,14H2,1H3. The van der Waals surface area contributed by atoms with Gasteiger partial charge in [-0.2, -0.15) is 0 Å². The molecule has 1 aromatic carbocycles. The van der Waals surface area contributed by atoms with E-state index in [2.05, 4.69) is 20.2 Å². The molecule has 150 valence electrons. The summed E-state index contributed by atoms with van der Waals surface area (Å²) in [5.41, 5.74) is 2.39. The number of pyridine rings is 2. The maximum atomic E-state index is 14.8. The topological polar surface area (TPSA) is 50.3 Å². The average Bonchev–Trinajstić information content (AvgIpc) is 2.76. The lowest BCUT2D eigenvalue weighted by Gasteiger charge is -2.28. The SMILES string of the molecule is Cc1ncccc1COc1cc(F)c(-c2ccnc(N3CCNCC3)c2)cc1F. The smallest absolute Gasteiger partial charge is 0.165 e. The fourth-order valence-corrected chi connectivity index (χ4v) is 3.34. The minimum absolute atomic E-state index is 0.120. The molecule has 0 aliphatic carbocycles. The highest BCUT2D eigenvalue weighted by atomic mass is 19.1. The van der Waals surface area contributed by atoms with E-state index in [1.54, 1.807) is 30.6 Å². The van der Waals surface area contributed by atoms with Crippen molar-refractivity contribution >= 4 is 5.82 Å². The average molecular weight is 396 g/mol. The van der Waals surface area contributed by atoms with Crippen molar-refractivity contribution < 1.29 is 13.5 Å². The molecule has 0 saturated carbocycles. The highest BCUT2D eigenvalue weighted by Crippen LogP contribution is 2.31. The Morgan fingerprint density at radius 2 is 1.86 bits per heavy atom. The van der Waals surface area contributed by atoms with Gasteiger partial charge in [-0.25, -0.2) is 13.8 Å². The molecular formula is C22H22F2N4O. The van der Waals surface area contributed by atoms with E-state index in [1.165, 1.54) is 6.07 Å². The van der Waals surface area contributed by atoms with E-state index in [4.69, 9.17) is 4.74 Å². The van der Waals surface area contributed by atoms with Gasteiger partial charge in [0.15, 0.2) is 11.6 Å². The summed E-state index contributed by atoms with van der Waals surface area (Å²) in [6.07, 6.45) is 3.30. The predicted octanol–water partition coefficient (Wildman–Crippen LogP) is 3.72. The van der Waals surface area contributed by atoms with Crippen LogP contribution < -0.4 is 15.0 Å². The lowest BCUT2D eigenvalue weighted by atomic mass is 10.1. The molecule has 0 amide bonds. The summed E-state index contributed by atoms with van der Waals surface area (Å²) in [5.74, 6) is -0.507. The highest BCUT2D eigenvalue weighted by Gasteiger charge is 2.16. The van der Waals surface area contributed by atoms with Crippen LogP contribution in [0.5, 0.6) is 5.75 Å². The molecule has 0 radical (unpaired) electrons. The number of anilines is 1. The van der Waals surface area contributed by atoms with Crippen LogP contribution in [0.1, 0.15) is 11.3 Å². The molecule has 2 aromatic heterocycles. The zero-order valence-corrected chi connectivity index (χ0v) is 16.2. The number of rotatable bonds is 5. The molecule has 0 bridgehead atoms. The number of benzene rings is 1. The van der Waals surface area contributed by atoms with Crippen molar-refractivity contribution in [2.75, 3.05) is 31.1 Å². The van der Waals surface area contributed by atoms with Crippen LogP contribution in [0.15, 0.2) is 48.8 Å². The largest absolute Gasteiger partial charge is 0.486 e. The van der Waals surface area contributed by atoms with E-state index >= 15 is 0 Å². The molecule has 0 spiro atoms. The van der Waals surface area contributed by atoms with Crippen molar-refractivity contribution in [3.8, 4) is 16.9 Å². The van der Waals surface area contributed by atoms with Crippen LogP contribution in [-0.4, -0.2) is 36.1 Å². The molecule has 3 heterocycles. The van der Waals surface area contributed by atoms with Gasteiger partial charge in [0.2, 0.25) is 0 Å². The normalized spacial score (nSPS) is 14.1. The van der Waals surface area contributed by atoms with Gasteiger partial charge in [-0.05, 0) is 36.8 Å². The molecule has 0 unspecified atom stereocenters. The summed E-state index contributed by atoms with van der Waals surface area (Å²) >= 11 is 0. The maximum Gasteiger partial charge on any atom is 0.165 e. The Balaban J connectivity index is 1.56. The van der Waals surface area contributed by atoms with Gasteiger partial charge in [-0.15, -0.1) is 0 Å². The van der Waals surface area contributed by atoms with Crippen LogP contribution in [0, 0.1) is 18.6 Å². The number of hydrogen-bond donors (Lipinski definition) is 1. The summed E-state index contributed by atoms with van der Waals surface area (Å²) in [5, 5.41) is 3.28. The molecular weight excluding hydrogens is 374 g/mol. The fourth-order valence-electron chi connectivity index (χ4n) is 3.34. The number of nitrogens with one attached hydrogen (secondary N) is 1. The summed E-state index contributed by atoms with van der Waals surface area (Å²) in [6, 6.07) is 9.38. The first kappa shape index (κ1) is 19.3. The summed E-state index contributed by atoms with van der Waals surface area (Å²) in [4.78, 5) is 10.7. The number of hydrogen-bond acceptors (Lipinski definition) is 5. The fraction of sp³-hybridized carbons (Fsp3) is 0.273. The molecule has 7 heteroatoms. The Hall–Kier alpha value is -3.06. The quantitative estimate of drug-likeness (QED) is 0.712. The number of piperazine rings is 1. The highest BCUT2D eigenvalue weighted by molar-refractivity contribution is 5.68. The predicted molar refractivity (Wildman–Crippen MR) is 108 cm³/mol. The van der Waals surface area contributed by atoms with Gasteiger partial charge in [0.25, 0.3) is 0 Å². The van der Waals surface area contributed by atoms with Crippen LogP contribution in [0.2, 0.25) is 0 Å². The first-order chi connectivity index (χ1) is 14.1. The van der Waals surface area contributed by atoms with Crippen LogP contribution >= 0.6 is 0 Å². The van der Waals surface area contributed by atoms with Crippen molar-refractivity contribution in [1.82, 2.24) is 15.3 Å². The van der Waals surface area contributed by atoms with Crippen molar-refractivity contribution in [3.05, 3.63) is 71.7 Å². The van der Waals surface area contributed by atoms with E-state index in [0.717, 1.165) is 49.3 Å². The molecule has 3 aromatic rings. The second kappa shape index (κ2) is 8.53. The van der Waals surface area contributed by atoms with Crippen molar-refractivity contribution in [1.29, 1.82) is 0 Å². The molecule has 1 N–H and O–H groups in total. The van der Waals surface area contributed by atoms with Crippen LogP contribution in [0.25, 0.3) is 11.1 Å². The molecule has 1 aliphatic rings. The monoisotopic (exact) mass is 396 g/mol. The van der Waals surface area contributed by atoms with E-state index in [0.29, 0.717) is 5.56 Å². The Morgan fingerprint density at radius 1 is 1.03 bits per heavy atom. The molecule has 5 nitrogen and oxygen atoms in total. The summed E-state index contributed by atoms with van der Waals surface area (Å²) in [7, 11) is 0. The van der Waals surface area contributed by atoms with E-state index in [1.807, 2.05) is 13.0 Å². The van der Waals surface area contributed by atoms with E-state index in [9.17, 15) is 8.78 Å². The third-order valence-corrected chi connectivity index (χ3v) is 5.02. The van der Waals surface area contributed by atoms with Gasteiger partial charge in [-0.1, -0.05) is 6.07 Å². The lowest BCUT2D eigenvalue weighted by Crippen LogP contribution is -2.43. The molecule has 0 atom stereocenters. The Morgan fingerprint density at radius 3 is 2.66 bits per heavy atom. The minimum atomic E-state index is -0.608. The Bertz CT molecular complexity index is 1010. The van der Waals surface area contributed by atoms with E-state index in [-0.39, 0.29) is 17.9 Å². The number of aryl methyl sites for hydroxylation is 1. The van der Waals surface area contributed by atoms with Crippen LogP contribution in [-0.2, 0) is 6.61 Å². The zero-order chi connectivity index (χ0) is 20.2. The zero-order valence-electron chi connectivity index (χ0n) is 16.2. The first-order valence-corrected chi connectivity index (χ1v) is 9.56. The number of nitrogens with zero attached hydrogens (tertiary/aromatic N) is 3.